The van der Waals surface area contributed by atoms with Gasteiger partial charge in [0.05, 0.1) is 17.6 Å². The standard InChI is InChI=1S/C30H35F2N5.C2H6/c1-5-22-13-21(7-12-28(22)36-17-20(3)35-19-36)14-23-8-10-25-16-33-18-30(4,37(25)29(23)34-6-2)24-9-11-26(31)27(32)15-24;1-2/h7,9,11-15,17,19,25,33H,5-6,8,10,16,18H2,1-4H3;1-2H3/b23-14+,34-29?;. The largest absolute Gasteiger partial charge is 0.342 e. The van der Waals surface area contributed by atoms with Crippen LogP contribution in [-0.2, 0) is 12.0 Å². The predicted molar refractivity (Wildman–Crippen MR) is 156 cm³/mol. The minimum absolute atomic E-state index is 0.229. The number of benzene rings is 2. The number of piperazine rings is 1. The summed E-state index contributed by atoms with van der Waals surface area (Å²) >= 11 is 0. The van der Waals surface area contributed by atoms with Gasteiger partial charge in [-0.2, -0.15) is 0 Å². The Morgan fingerprint density at radius 2 is 1.92 bits per heavy atom. The zero-order valence-electron chi connectivity index (χ0n) is 24.1. The van der Waals surface area contributed by atoms with E-state index in [4.69, 9.17) is 4.99 Å². The Kier molecular flexibility index (Phi) is 9.01. The average Bonchev–Trinajstić information content (AvgIpc) is 3.38. The van der Waals surface area contributed by atoms with E-state index < -0.39 is 17.2 Å². The summed E-state index contributed by atoms with van der Waals surface area (Å²) in [5.41, 5.74) is 5.91. The Hall–Kier alpha value is -3.32. The first-order valence-electron chi connectivity index (χ1n) is 14.2. The van der Waals surface area contributed by atoms with Crippen LogP contribution in [0.5, 0.6) is 0 Å². The maximum atomic E-state index is 14.3. The number of nitrogens with one attached hydrogen (secondary N) is 1. The number of halogens is 2. The van der Waals surface area contributed by atoms with Crippen LogP contribution in [0.25, 0.3) is 11.8 Å². The molecular weight excluding hydrogens is 492 g/mol. The lowest BCUT2D eigenvalue weighted by molar-refractivity contribution is 0.0837. The van der Waals surface area contributed by atoms with Crippen molar-refractivity contribution in [1.29, 1.82) is 0 Å². The van der Waals surface area contributed by atoms with E-state index in [1.165, 1.54) is 23.3 Å². The van der Waals surface area contributed by atoms with E-state index in [1.807, 2.05) is 40.2 Å². The molecule has 0 aliphatic carbocycles. The van der Waals surface area contributed by atoms with Gasteiger partial charge in [-0.15, -0.1) is 0 Å². The minimum Gasteiger partial charge on any atom is -0.342 e. The second-order valence-corrected chi connectivity index (χ2v) is 10.2. The molecule has 2 atom stereocenters. The molecule has 3 aromatic rings. The lowest BCUT2D eigenvalue weighted by atomic mass is 9.81. The SMILES string of the molecule is CC.CCN=C1/C(=C/c2ccc(-n3cnc(C)c3)c(CC)c2)CCC2CNCC(C)(c3ccc(F)c(F)c3)N12. The number of rotatable bonds is 5. The molecule has 7 heteroatoms. The summed E-state index contributed by atoms with van der Waals surface area (Å²) in [7, 11) is 0. The molecule has 2 saturated heterocycles. The highest BCUT2D eigenvalue weighted by molar-refractivity contribution is 6.03. The molecule has 1 N–H and O–H groups in total. The normalized spacial score (nSPS) is 23.0. The number of aryl methyl sites for hydroxylation is 2. The van der Waals surface area contributed by atoms with Crippen LogP contribution in [0.3, 0.4) is 0 Å². The van der Waals surface area contributed by atoms with E-state index >= 15 is 0 Å². The molecule has 0 amide bonds. The molecule has 5 rings (SSSR count). The minimum atomic E-state index is -0.824. The van der Waals surface area contributed by atoms with Gasteiger partial charge in [0, 0.05) is 37.6 Å². The number of piperidine rings is 1. The van der Waals surface area contributed by atoms with E-state index in [9.17, 15) is 8.78 Å². The number of imidazole rings is 1. The number of amidine groups is 1. The molecule has 5 nitrogen and oxygen atoms in total. The molecule has 0 radical (unpaired) electrons. The molecule has 2 aliphatic rings. The monoisotopic (exact) mass is 533 g/mol. The molecular formula is C32H41F2N5. The molecule has 0 bridgehead atoms. The molecule has 2 unspecified atom stereocenters. The van der Waals surface area contributed by atoms with Crippen molar-refractivity contribution in [2.75, 3.05) is 19.6 Å². The fourth-order valence-corrected chi connectivity index (χ4v) is 5.81. The topological polar surface area (TPSA) is 45.5 Å². The van der Waals surface area contributed by atoms with Gasteiger partial charge in [-0.25, -0.2) is 13.8 Å². The van der Waals surface area contributed by atoms with Gasteiger partial charge >= 0.3 is 0 Å². The molecule has 39 heavy (non-hydrogen) atoms. The summed E-state index contributed by atoms with van der Waals surface area (Å²) in [6, 6.07) is 11.1. The first-order chi connectivity index (χ1) is 18.8. The molecule has 2 aromatic carbocycles. The molecule has 0 saturated carbocycles. The van der Waals surface area contributed by atoms with Crippen molar-refractivity contribution >= 4 is 11.9 Å². The van der Waals surface area contributed by atoms with Crippen molar-refractivity contribution in [3.63, 3.8) is 0 Å². The van der Waals surface area contributed by atoms with Crippen LogP contribution in [0.15, 0.2) is 59.5 Å². The third-order valence-corrected chi connectivity index (χ3v) is 7.67. The van der Waals surface area contributed by atoms with Gasteiger partial charge in [-0.3, -0.25) is 4.99 Å². The lowest BCUT2D eigenvalue weighted by Gasteiger charge is -2.54. The van der Waals surface area contributed by atoms with Crippen LogP contribution in [0.1, 0.15) is 69.8 Å². The maximum absolute atomic E-state index is 14.3. The smallest absolute Gasteiger partial charge is 0.159 e. The molecule has 0 spiro atoms. The van der Waals surface area contributed by atoms with Crippen molar-refractivity contribution in [2.45, 2.75) is 72.4 Å². The summed E-state index contributed by atoms with van der Waals surface area (Å²) in [4.78, 5) is 11.7. The van der Waals surface area contributed by atoms with Gasteiger partial charge in [0.25, 0.3) is 0 Å². The van der Waals surface area contributed by atoms with Crippen LogP contribution in [0.4, 0.5) is 8.78 Å². The summed E-state index contributed by atoms with van der Waals surface area (Å²) in [6.07, 6.45) is 8.95. The Labute approximate surface area is 231 Å². The van der Waals surface area contributed by atoms with Gasteiger partial charge in [0.15, 0.2) is 11.6 Å². The van der Waals surface area contributed by atoms with Crippen molar-refractivity contribution in [3.8, 4) is 5.69 Å². The quantitative estimate of drug-likeness (QED) is 0.391. The van der Waals surface area contributed by atoms with E-state index in [0.717, 1.165) is 54.2 Å². The number of nitrogens with zero attached hydrogens (tertiary/aromatic N) is 4. The molecule has 1 aromatic heterocycles. The highest BCUT2D eigenvalue weighted by Gasteiger charge is 2.45. The Morgan fingerprint density at radius 1 is 1.13 bits per heavy atom. The van der Waals surface area contributed by atoms with E-state index in [-0.39, 0.29) is 6.04 Å². The van der Waals surface area contributed by atoms with Crippen molar-refractivity contribution < 1.29 is 8.78 Å². The highest BCUT2D eigenvalue weighted by Crippen LogP contribution is 2.40. The summed E-state index contributed by atoms with van der Waals surface area (Å²) in [6.45, 7) is 14.4. The maximum Gasteiger partial charge on any atom is 0.159 e. The van der Waals surface area contributed by atoms with Crippen molar-refractivity contribution in [3.05, 3.63) is 88.5 Å². The number of aliphatic imine (C=N–C) groups is 1. The van der Waals surface area contributed by atoms with Gasteiger partial charge in [-0.05, 0) is 92.6 Å². The van der Waals surface area contributed by atoms with E-state index in [1.54, 1.807) is 6.07 Å². The second-order valence-electron chi connectivity index (χ2n) is 10.2. The van der Waals surface area contributed by atoms with Crippen molar-refractivity contribution in [1.82, 2.24) is 19.8 Å². The fraction of sp³-hybridized carbons (Fsp3) is 0.438. The van der Waals surface area contributed by atoms with Crippen LogP contribution in [0, 0.1) is 18.6 Å². The second kappa shape index (κ2) is 12.2. The summed E-state index contributed by atoms with van der Waals surface area (Å²) < 4.78 is 30.2. The number of hydrogen-bond donors (Lipinski definition) is 1. The van der Waals surface area contributed by atoms with Gasteiger partial charge in [0.2, 0.25) is 0 Å². The first kappa shape index (κ1) is 28.7. The van der Waals surface area contributed by atoms with Gasteiger partial charge in [-0.1, -0.05) is 32.9 Å². The van der Waals surface area contributed by atoms with Crippen LogP contribution in [0.2, 0.25) is 0 Å². The van der Waals surface area contributed by atoms with Gasteiger partial charge in [0.1, 0.15) is 5.84 Å². The fourth-order valence-electron chi connectivity index (χ4n) is 5.81. The van der Waals surface area contributed by atoms with Crippen molar-refractivity contribution in [2.24, 2.45) is 4.99 Å². The van der Waals surface area contributed by atoms with Gasteiger partial charge < -0.3 is 14.8 Å². The average molecular weight is 534 g/mol. The Bertz CT molecular complexity index is 1360. The number of fused-ring (bicyclic) bond motifs is 1. The predicted octanol–water partition coefficient (Wildman–Crippen LogP) is 6.83. The van der Waals surface area contributed by atoms with Crippen LogP contribution in [-0.4, -0.2) is 46.0 Å². The lowest BCUT2D eigenvalue weighted by Crippen LogP contribution is -2.66. The van der Waals surface area contributed by atoms with E-state index in [2.05, 4.69) is 57.9 Å². The molecule has 2 aliphatic heterocycles. The number of aromatic nitrogens is 2. The summed E-state index contributed by atoms with van der Waals surface area (Å²) in [5, 5.41) is 3.53. The molecule has 3 heterocycles. The van der Waals surface area contributed by atoms with Crippen LogP contribution >= 0.6 is 0 Å². The molecule has 2 fully saturated rings. The van der Waals surface area contributed by atoms with E-state index in [0.29, 0.717) is 13.1 Å². The number of hydrogen-bond acceptors (Lipinski definition) is 3. The molecule has 208 valence electrons. The zero-order chi connectivity index (χ0) is 28.2. The zero-order valence-corrected chi connectivity index (χ0v) is 24.1. The highest BCUT2D eigenvalue weighted by atomic mass is 19.2. The Morgan fingerprint density at radius 3 is 2.59 bits per heavy atom. The summed E-state index contributed by atoms with van der Waals surface area (Å²) in [5.74, 6) is -0.682. The Balaban J connectivity index is 0.00000172. The van der Waals surface area contributed by atoms with Crippen LogP contribution < -0.4 is 5.32 Å². The third kappa shape index (κ3) is 5.69. The third-order valence-electron chi connectivity index (χ3n) is 7.67. The first-order valence-corrected chi connectivity index (χ1v) is 14.2.